The van der Waals surface area contributed by atoms with Crippen LogP contribution in [-0.2, 0) is 19.6 Å². The Hall–Kier alpha value is -2.26. The smallest absolute Gasteiger partial charge is 0.248 e. The third-order valence-corrected chi connectivity index (χ3v) is 9.98. The number of nitrogens with zero attached hydrogens (tertiary/aromatic N) is 1. The highest BCUT2D eigenvalue weighted by molar-refractivity contribution is 8.19. The number of rotatable bonds is 11. The molecule has 1 aromatic rings. The number of thioether (sulfide) groups is 1. The Bertz CT molecular complexity index is 1210. The number of carbonyl (C=O) groups excluding carboxylic acids is 2. The molecule has 1 aliphatic heterocycles. The van der Waals surface area contributed by atoms with Gasteiger partial charge in [0.25, 0.3) is 0 Å². The van der Waals surface area contributed by atoms with Crippen LogP contribution >= 0.6 is 11.8 Å². The lowest BCUT2D eigenvalue weighted by atomic mass is 9.81. The molecule has 0 fully saturated rings. The number of sulfonamides is 1. The van der Waals surface area contributed by atoms with Crippen molar-refractivity contribution in [2.24, 2.45) is 0 Å². The van der Waals surface area contributed by atoms with Crippen molar-refractivity contribution in [3.63, 3.8) is 0 Å². The summed E-state index contributed by atoms with van der Waals surface area (Å²) < 4.78 is 44.2. The first-order valence-electron chi connectivity index (χ1n) is 11.6. The summed E-state index contributed by atoms with van der Waals surface area (Å²) in [7, 11) is -4.21. The third-order valence-electron chi connectivity index (χ3n) is 6.35. The van der Waals surface area contributed by atoms with Crippen molar-refractivity contribution in [3.05, 3.63) is 44.1 Å². The number of hydrogen-bond donors (Lipinski definition) is 3. The number of allylic oxidation sites excluding steroid dienone is 1. The van der Waals surface area contributed by atoms with Crippen LogP contribution in [0.4, 0.5) is 4.39 Å². The molecule has 3 N–H and O–H groups in total. The number of nitrogens with one attached hydrogen (secondary N) is 2. The van der Waals surface area contributed by atoms with Gasteiger partial charge in [-0.2, -0.15) is 5.26 Å². The maximum Gasteiger partial charge on any atom is 0.248 e. The van der Waals surface area contributed by atoms with Crippen LogP contribution in [-0.4, -0.2) is 43.1 Å². The normalized spacial score (nSPS) is 19.4. The molecule has 1 heterocycles. The molecule has 0 aliphatic carbocycles. The fourth-order valence-electron chi connectivity index (χ4n) is 4.06. The van der Waals surface area contributed by atoms with E-state index >= 15 is 4.39 Å². The van der Waals surface area contributed by atoms with Crippen LogP contribution in [0.25, 0.3) is 0 Å². The Kier molecular flexibility index (Phi) is 9.16. The predicted octanol–water partition coefficient (Wildman–Crippen LogP) is 3.73. The zero-order valence-electron chi connectivity index (χ0n) is 21.6. The SMILES string of the molecule is CC(C)c1cc(C#N)c(F)c(C(C)C)c1C(C=O)CNS(=O)(=O)C1=C(CC=O)NC(C)(C(C)(C)O)S1. The minimum absolute atomic E-state index is 0.126. The van der Waals surface area contributed by atoms with Crippen molar-refractivity contribution < 1.29 is 27.5 Å². The van der Waals surface area contributed by atoms with E-state index < -0.39 is 32.2 Å². The molecule has 0 bridgehead atoms. The molecule has 0 amide bonds. The van der Waals surface area contributed by atoms with E-state index in [0.29, 0.717) is 23.7 Å². The lowest BCUT2D eigenvalue weighted by molar-refractivity contribution is -0.109. The molecule has 2 atom stereocenters. The number of halogens is 1. The van der Waals surface area contributed by atoms with Gasteiger partial charge in [0.1, 0.15) is 33.6 Å². The van der Waals surface area contributed by atoms with Crippen LogP contribution in [0, 0.1) is 17.1 Å². The number of benzene rings is 1. The minimum Gasteiger partial charge on any atom is -0.387 e. The summed E-state index contributed by atoms with van der Waals surface area (Å²) in [6, 6.07) is 3.28. The molecule has 36 heavy (non-hydrogen) atoms. The highest BCUT2D eigenvalue weighted by Gasteiger charge is 2.49. The first-order valence-corrected chi connectivity index (χ1v) is 13.9. The van der Waals surface area contributed by atoms with Crippen LogP contribution in [0.1, 0.15) is 94.9 Å². The van der Waals surface area contributed by atoms with Gasteiger partial charge in [-0.3, -0.25) is 0 Å². The van der Waals surface area contributed by atoms with Gasteiger partial charge in [0, 0.05) is 18.7 Å². The Balaban J connectivity index is 2.53. The van der Waals surface area contributed by atoms with Crippen LogP contribution < -0.4 is 10.0 Å². The molecular weight excluding hydrogens is 505 g/mol. The standard InChI is InChI=1S/C25H34FN3O5S2/c1-14(2)18-10-16(11-27)22(26)20(15(3)4)21(18)17(13-31)12-28-36(33,34)23-19(8-9-30)29-25(7,35-23)24(5,6)32/h9-10,13-15,17,28-29,32H,8,12H2,1-7H3. The van der Waals surface area contributed by atoms with Gasteiger partial charge in [0.2, 0.25) is 10.0 Å². The zero-order valence-corrected chi connectivity index (χ0v) is 23.2. The minimum atomic E-state index is -4.21. The average Bonchev–Trinajstić information content (AvgIpc) is 3.12. The monoisotopic (exact) mass is 539 g/mol. The van der Waals surface area contributed by atoms with Gasteiger partial charge < -0.3 is 20.0 Å². The molecular formula is C25H34FN3O5S2. The second kappa shape index (κ2) is 11.0. The summed E-state index contributed by atoms with van der Waals surface area (Å²) in [4.78, 5) is 22.3. The summed E-state index contributed by atoms with van der Waals surface area (Å²) in [5, 5.41) is 22.9. The van der Waals surface area contributed by atoms with Crippen molar-refractivity contribution >= 4 is 34.4 Å². The van der Waals surface area contributed by atoms with Gasteiger partial charge in [-0.25, -0.2) is 17.5 Å². The largest absolute Gasteiger partial charge is 0.387 e. The van der Waals surface area contributed by atoms with E-state index in [1.807, 2.05) is 19.9 Å². The number of aliphatic hydroxyl groups is 1. The number of carbonyl (C=O) groups is 2. The van der Waals surface area contributed by atoms with Gasteiger partial charge in [-0.15, -0.1) is 0 Å². The van der Waals surface area contributed by atoms with Crippen LogP contribution in [0.3, 0.4) is 0 Å². The molecule has 0 saturated carbocycles. The second-order valence-corrected chi connectivity index (χ2v) is 13.5. The van der Waals surface area contributed by atoms with Crippen molar-refractivity contribution in [2.45, 2.75) is 83.1 Å². The molecule has 198 valence electrons. The molecule has 1 aromatic carbocycles. The molecule has 8 nitrogen and oxygen atoms in total. The van der Waals surface area contributed by atoms with E-state index in [4.69, 9.17) is 0 Å². The molecule has 0 aromatic heterocycles. The lowest BCUT2D eigenvalue weighted by Gasteiger charge is -2.37. The molecule has 11 heteroatoms. The molecule has 0 spiro atoms. The highest BCUT2D eigenvalue weighted by Crippen LogP contribution is 2.47. The van der Waals surface area contributed by atoms with Crippen molar-refractivity contribution in [3.8, 4) is 6.07 Å². The van der Waals surface area contributed by atoms with Gasteiger partial charge in [0.05, 0.1) is 17.1 Å². The molecule has 2 unspecified atom stereocenters. The predicted molar refractivity (Wildman–Crippen MR) is 138 cm³/mol. The first kappa shape index (κ1) is 30.0. The topological polar surface area (TPSA) is 136 Å². The van der Waals surface area contributed by atoms with Crippen LogP contribution in [0.5, 0.6) is 0 Å². The first-order chi connectivity index (χ1) is 16.5. The second-order valence-electron chi connectivity index (χ2n) is 10.1. The van der Waals surface area contributed by atoms with Crippen LogP contribution in [0.2, 0.25) is 0 Å². The Morgan fingerprint density at radius 1 is 1.25 bits per heavy atom. The molecule has 0 saturated heterocycles. The van der Waals surface area contributed by atoms with E-state index in [9.17, 15) is 28.4 Å². The summed E-state index contributed by atoms with van der Waals surface area (Å²) in [5.74, 6) is -2.26. The maximum atomic E-state index is 15.2. The Labute approximate surface area is 216 Å². The van der Waals surface area contributed by atoms with E-state index in [1.54, 1.807) is 20.8 Å². The Morgan fingerprint density at radius 3 is 2.31 bits per heavy atom. The fraction of sp³-hybridized carbons (Fsp3) is 0.560. The number of hydrogen-bond acceptors (Lipinski definition) is 8. The molecule has 2 rings (SSSR count). The van der Waals surface area contributed by atoms with Crippen molar-refractivity contribution in [2.75, 3.05) is 6.54 Å². The summed E-state index contributed by atoms with van der Waals surface area (Å²) >= 11 is 0.878. The molecule has 1 aliphatic rings. The lowest BCUT2D eigenvalue weighted by Crippen LogP contribution is -2.52. The van der Waals surface area contributed by atoms with Gasteiger partial charge in [0.15, 0.2) is 0 Å². The van der Waals surface area contributed by atoms with Gasteiger partial charge >= 0.3 is 0 Å². The summed E-state index contributed by atoms with van der Waals surface area (Å²) in [5.41, 5.74) is -0.145. The van der Waals surface area contributed by atoms with Gasteiger partial charge in [-0.05, 0) is 55.4 Å². The van der Waals surface area contributed by atoms with Crippen molar-refractivity contribution in [1.82, 2.24) is 10.0 Å². The fourth-order valence-corrected chi connectivity index (χ4v) is 7.22. The maximum absolute atomic E-state index is 15.2. The van der Waals surface area contributed by atoms with E-state index in [1.165, 1.54) is 19.9 Å². The molecule has 0 radical (unpaired) electrons. The Morgan fingerprint density at radius 2 is 1.86 bits per heavy atom. The third kappa shape index (κ3) is 5.83. The van der Waals surface area contributed by atoms with E-state index in [-0.39, 0.29) is 45.9 Å². The number of nitriles is 1. The summed E-state index contributed by atoms with van der Waals surface area (Å²) in [6.07, 6.45) is 0.927. The highest BCUT2D eigenvalue weighted by atomic mass is 32.3. The van der Waals surface area contributed by atoms with Crippen LogP contribution in [0.15, 0.2) is 16.0 Å². The summed E-state index contributed by atoms with van der Waals surface area (Å²) in [6.45, 7) is 11.5. The van der Waals surface area contributed by atoms with E-state index in [2.05, 4.69) is 10.0 Å². The zero-order chi connectivity index (χ0) is 27.6. The number of aldehydes is 2. The van der Waals surface area contributed by atoms with Crippen molar-refractivity contribution in [1.29, 1.82) is 5.26 Å². The van der Waals surface area contributed by atoms with Gasteiger partial charge in [-0.1, -0.05) is 39.5 Å². The van der Waals surface area contributed by atoms with E-state index in [0.717, 1.165) is 11.8 Å². The quantitative estimate of drug-likeness (QED) is 0.362. The average molecular weight is 540 g/mol.